The number of nitrogens with one attached hydrogen (secondary N) is 1. The zero-order valence-electron chi connectivity index (χ0n) is 14.0. The van der Waals surface area contributed by atoms with E-state index < -0.39 is 0 Å². The largest absolute Gasteiger partial charge is 0.380 e. The molecule has 1 saturated heterocycles. The number of urea groups is 1. The molecule has 128 valence electrons. The Kier molecular flexibility index (Phi) is 6.36. The molecule has 1 aromatic carbocycles. The van der Waals surface area contributed by atoms with Gasteiger partial charge in [0, 0.05) is 32.3 Å². The summed E-state index contributed by atoms with van der Waals surface area (Å²) in [5.74, 6) is -0.315. The monoisotopic (exact) mass is 324 g/mol. The van der Waals surface area contributed by atoms with E-state index in [2.05, 4.69) is 5.32 Å². The number of carbonyl (C=O) groups is 1. The summed E-state index contributed by atoms with van der Waals surface area (Å²) in [6.07, 6.45) is 0.987. The summed E-state index contributed by atoms with van der Waals surface area (Å²) in [4.78, 5) is 14.0. The van der Waals surface area contributed by atoms with Crippen LogP contribution in [0.3, 0.4) is 0 Å². The molecule has 0 unspecified atom stereocenters. The van der Waals surface area contributed by atoms with Gasteiger partial charge in [-0.3, -0.25) is 0 Å². The quantitative estimate of drug-likeness (QED) is 0.906. The number of carbonyl (C=O) groups excluding carboxylic acids is 1. The van der Waals surface area contributed by atoms with Crippen LogP contribution in [0.1, 0.15) is 31.4 Å². The molecule has 1 aliphatic heterocycles. The molecule has 2 rings (SSSR count). The number of morpholine rings is 1. The SMILES string of the molecule is CC[C@H]1CN(C(=O)NCc2ccc(COC)c(F)c2)C[C@@H](C)O1. The average molecular weight is 324 g/mol. The first-order valence-corrected chi connectivity index (χ1v) is 7.98. The van der Waals surface area contributed by atoms with Crippen LogP contribution in [0.2, 0.25) is 0 Å². The third-order valence-electron chi connectivity index (χ3n) is 3.93. The third kappa shape index (κ3) is 4.91. The summed E-state index contributed by atoms with van der Waals surface area (Å²) in [5, 5.41) is 2.85. The standard InChI is InChI=1S/C17H25FN2O3/c1-4-15-10-20(9-12(2)23-15)17(21)19-8-13-5-6-14(11-22-3)16(18)7-13/h5-7,12,15H,4,8-11H2,1-3H3,(H,19,21)/t12-,15+/m1/s1. The minimum atomic E-state index is -0.315. The first-order chi connectivity index (χ1) is 11.0. The minimum Gasteiger partial charge on any atom is -0.380 e. The maximum Gasteiger partial charge on any atom is 0.317 e. The summed E-state index contributed by atoms with van der Waals surface area (Å²) in [7, 11) is 1.53. The van der Waals surface area contributed by atoms with Crippen molar-refractivity contribution in [3.8, 4) is 0 Å². The molecule has 23 heavy (non-hydrogen) atoms. The van der Waals surface area contributed by atoms with E-state index in [4.69, 9.17) is 9.47 Å². The maximum atomic E-state index is 13.8. The van der Waals surface area contributed by atoms with Crippen LogP contribution in [-0.4, -0.2) is 43.3 Å². The molecule has 1 fully saturated rings. The van der Waals surface area contributed by atoms with Crippen molar-refractivity contribution in [2.45, 2.75) is 45.6 Å². The number of hydrogen-bond acceptors (Lipinski definition) is 3. The topological polar surface area (TPSA) is 50.8 Å². The smallest absolute Gasteiger partial charge is 0.317 e. The van der Waals surface area contributed by atoms with Gasteiger partial charge in [0.1, 0.15) is 5.82 Å². The van der Waals surface area contributed by atoms with E-state index in [0.717, 1.165) is 12.0 Å². The number of halogens is 1. The molecule has 1 aliphatic rings. The second-order valence-corrected chi connectivity index (χ2v) is 5.90. The Morgan fingerprint density at radius 1 is 1.48 bits per heavy atom. The molecular formula is C17H25FN2O3. The third-order valence-corrected chi connectivity index (χ3v) is 3.93. The van der Waals surface area contributed by atoms with Gasteiger partial charge in [0.15, 0.2) is 0 Å². The number of nitrogens with zero attached hydrogens (tertiary/aromatic N) is 1. The molecule has 5 nitrogen and oxygen atoms in total. The molecule has 0 aliphatic carbocycles. The second kappa shape index (κ2) is 8.26. The first kappa shape index (κ1) is 17.7. The lowest BCUT2D eigenvalue weighted by molar-refractivity contribution is -0.0646. The van der Waals surface area contributed by atoms with Crippen LogP contribution in [0.4, 0.5) is 9.18 Å². The van der Waals surface area contributed by atoms with Gasteiger partial charge in [-0.15, -0.1) is 0 Å². The fourth-order valence-electron chi connectivity index (χ4n) is 2.70. The van der Waals surface area contributed by atoms with Crippen LogP contribution in [-0.2, 0) is 22.6 Å². The number of hydrogen-bond donors (Lipinski definition) is 1. The summed E-state index contributed by atoms with van der Waals surface area (Å²) >= 11 is 0. The van der Waals surface area contributed by atoms with Crippen molar-refractivity contribution >= 4 is 6.03 Å². The lowest BCUT2D eigenvalue weighted by Crippen LogP contribution is -2.52. The van der Waals surface area contributed by atoms with Crippen molar-refractivity contribution in [1.29, 1.82) is 0 Å². The molecule has 0 spiro atoms. The van der Waals surface area contributed by atoms with E-state index in [1.54, 1.807) is 17.0 Å². The summed E-state index contributed by atoms with van der Waals surface area (Å²) in [5.41, 5.74) is 1.24. The Morgan fingerprint density at radius 2 is 2.26 bits per heavy atom. The minimum absolute atomic E-state index is 0.0326. The van der Waals surface area contributed by atoms with E-state index in [1.807, 2.05) is 13.8 Å². The highest BCUT2D eigenvalue weighted by molar-refractivity contribution is 5.74. The number of methoxy groups -OCH3 is 1. The molecule has 0 radical (unpaired) electrons. The van der Waals surface area contributed by atoms with Gasteiger partial charge in [0.25, 0.3) is 0 Å². The Bertz CT molecular complexity index is 539. The number of ether oxygens (including phenoxy) is 2. The van der Waals surface area contributed by atoms with Crippen molar-refractivity contribution in [3.05, 3.63) is 35.1 Å². The van der Waals surface area contributed by atoms with Gasteiger partial charge in [-0.05, 0) is 25.0 Å². The molecular weight excluding hydrogens is 299 g/mol. The molecule has 0 bridgehead atoms. The Morgan fingerprint density at radius 3 is 2.91 bits per heavy atom. The van der Waals surface area contributed by atoms with Crippen LogP contribution in [0.15, 0.2) is 18.2 Å². The molecule has 2 atom stereocenters. The van der Waals surface area contributed by atoms with E-state index in [9.17, 15) is 9.18 Å². The van der Waals surface area contributed by atoms with E-state index in [0.29, 0.717) is 25.2 Å². The predicted octanol–water partition coefficient (Wildman–Crippen LogP) is 2.68. The van der Waals surface area contributed by atoms with Crippen LogP contribution >= 0.6 is 0 Å². The van der Waals surface area contributed by atoms with Crippen LogP contribution in [0, 0.1) is 5.82 Å². The Hall–Kier alpha value is -1.66. The van der Waals surface area contributed by atoms with Gasteiger partial charge in [0.05, 0.1) is 18.8 Å². The molecule has 1 heterocycles. The highest BCUT2D eigenvalue weighted by Gasteiger charge is 2.27. The van der Waals surface area contributed by atoms with Crippen molar-refractivity contribution in [2.24, 2.45) is 0 Å². The molecule has 0 aromatic heterocycles. The second-order valence-electron chi connectivity index (χ2n) is 5.90. The lowest BCUT2D eigenvalue weighted by atomic mass is 10.1. The van der Waals surface area contributed by atoms with Gasteiger partial charge in [-0.25, -0.2) is 9.18 Å². The van der Waals surface area contributed by atoms with E-state index in [-0.39, 0.29) is 30.7 Å². The van der Waals surface area contributed by atoms with Gasteiger partial charge in [-0.2, -0.15) is 0 Å². The van der Waals surface area contributed by atoms with Gasteiger partial charge in [-0.1, -0.05) is 19.1 Å². The molecule has 2 amide bonds. The molecule has 1 aromatic rings. The average Bonchev–Trinajstić information content (AvgIpc) is 2.54. The molecule has 0 saturated carbocycles. The highest BCUT2D eigenvalue weighted by atomic mass is 19.1. The van der Waals surface area contributed by atoms with Gasteiger partial charge >= 0.3 is 6.03 Å². The van der Waals surface area contributed by atoms with Gasteiger partial charge in [0.2, 0.25) is 0 Å². The Labute approximate surface area is 136 Å². The first-order valence-electron chi connectivity index (χ1n) is 7.98. The van der Waals surface area contributed by atoms with Crippen molar-refractivity contribution in [2.75, 3.05) is 20.2 Å². The molecule has 6 heteroatoms. The fraction of sp³-hybridized carbons (Fsp3) is 0.588. The zero-order valence-corrected chi connectivity index (χ0v) is 14.0. The van der Waals surface area contributed by atoms with Crippen molar-refractivity contribution in [1.82, 2.24) is 10.2 Å². The fourth-order valence-corrected chi connectivity index (χ4v) is 2.70. The zero-order chi connectivity index (χ0) is 16.8. The van der Waals surface area contributed by atoms with Crippen molar-refractivity contribution < 1.29 is 18.7 Å². The predicted molar refractivity (Wildman–Crippen MR) is 85.5 cm³/mol. The summed E-state index contributed by atoms with van der Waals surface area (Å²) in [6, 6.07) is 4.78. The number of amides is 2. The normalized spacial score (nSPS) is 21.3. The molecule has 1 N–H and O–H groups in total. The van der Waals surface area contributed by atoms with Crippen LogP contribution < -0.4 is 5.32 Å². The summed E-state index contributed by atoms with van der Waals surface area (Å²) in [6.45, 7) is 5.71. The lowest BCUT2D eigenvalue weighted by Gasteiger charge is -2.36. The maximum absolute atomic E-state index is 13.8. The van der Waals surface area contributed by atoms with Gasteiger partial charge < -0.3 is 19.7 Å². The van der Waals surface area contributed by atoms with Crippen LogP contribution in [0.25, 0.3) is 0 Å². The number of rotatable bonds is 5. The summed E-state index contributed by atoms with van der Waals surface area (Å²) < 4.78 is 24.5. The van der Waals surface area contributed by atoms with Crippen molar-refractivity contribution in [3.63, 3.8) is 0 Å². The van der Waals surface area contributed by atoms with E-state index >= 15 is 0 Å². The Balaban J connectivity index is 1.90. The van der Waals surface area contributed by atoms with Crippen LogP contribution in [0.5, 0.6) is 0 Å². The number of benzene rings is 1. The van der Waals surface area contributed by atoms with E-state index in [1.165, 1.54) is 13.2 Å². The highest BCUT2D eigenvalue weighted by Crippen LogP contribution is 2.14.